The van der Waals surface area contributed by atoms with E-state index in [0.29, 0.717) is 12.8 Å². The highest BCUT2D eigenvalue weighted by molar-refractivity contribution is 9.10. The molecule has 0 aliphatic carbocycles. The Hall–Kier alpha value is -1.50. The van der Waals surface area contributed by atoms with Crippen molar-refractivity contribution in [1.82, 2.24) is 5.32 Å². The zero-order valence-electron chi connectivity index (χ0n) is 10.5. The summed E-state index contributed by atoms with van der Waals surface area (Å²) in [7, 11) is 0. The van der Waals surface area contributed by atoms with Crippen LogP contribution in [-0.4, -0.2) is 17.9 Å². The lowest BCUT2D eigenvalue weighted by Gasteiger charge is -2.16. The summed E-state index contributed by atoms with van der Waals surface area (Å²) in [6.07, 6.45) is 2.31. The number of nitrogens with one attached hydrogen (secondary N) is 2. The van der Waals surface area contributed by atoms with E-state index in [1.165, 1.54) is 0 Å². The third kappa shape index (κ3) is 3.53. The first-order valence-corrected chi connectivity index (χ1v) is 7.01. The van der Waals surface area contributed by atoms with E-state index >= 15 is 0 Å². The minimum atomic E-state index is -0.750. The van der Waals surface area contributed by atoms with Gasteiger partial charge in [0, 0.05) is 12.5 Å². The maximum absolute atomic E-state index is 13.8. The molecule has 1 aromatic rings. The number of carbonyl (C=O) groups is 2. The number of hydrogen-bond donors (Lipinski definition) is 2. The Kier molecular flexibility index (Phi) is 4.69. The number of amides is 2. The van der Waals surface area contributed by atoms with Gasteiger partial charge in [-0.15, -0.1) is 0 Å². The zero-order valence-corrected chi connectivity index (χ0v) is 12.1. The highest BCUT2D eigenvalue weighted by Crippen LogP contribution is 2.25. The van der Waals surface area contributed by atoms with Crippen molar-refractivity contribution in [3.8, 4) is 0 Å². The van der Waals surface area contributed by atoms with Crippen molar-refractivity contribution in [2.24, 2.45) is 0 Å². The van der Waals surface area contributed by atoms with Crippen LogP contribution < -0.4 is 10.6 Å². The van der Waals surface area contributed by atoms with Gasteiger partial charge in [-0.05, 0) is 34.8 Å². The average molecular weight is 347 g/mol. The average Bonchev–Trinajstić information content (AvgIpc) is 2.60. The van der Waals surface area contributed by atoms with E-state index < -0.39 is 23.6 Å². The standard InChI is InChI=1S/C13H13BrF2N2O2/c14-8-5-7(15)6-10(12(8)16)18-13(20)9-3-1-2-4-11(19)17-9/h5-6,9H,1-4H2,(H,17,19)(H,18,20)/t9-/m1/s1. The maximum Gasteiger partial charge on any atom is 0.247 e. The monoisotopic (exact) mass is 346 g/mol. The predicted molar refractivity (Wildman–Crippen MR) is 73.1 cm³/mol. The van der Waals surface area contributed by atoms with Gasteiger partial charge in [0.2, 0.25) is 11.8 Å². The molecule has 0 radical (unpaired) electrons. The van der Waals surface area contributed by atoms with E-state index in [1.54, 1.807) is 0 Å². The minimum absolute atomic E-state index is 0.0716. The molecule has 20 heavy (non-hydrogen) atoms. The molecule has 2 rings (SSSR count). The lowest BCUT2D eigenvalue weighted by Crippen LogP contribution is -2.42. The van der Waals surface area contributed by atoms with E-state index in [1.807, 2.05) is 0 Å². The number of carbonyl (C=O) groups excluding carboxylic acids is 2. The van der Waals surface area contributed by atoms with Crippen LogP contribution in [0.1, 0.15) is 25.7 Å². The molecule has 1 fully saturated rings. The highest BCUT2D eigenvalue weighted by Gasteiger charge is 2.24. The van der Waals surface area contributed by atoms with Gasteiger partial charge in [0.1, 0.15) is 11.9 Å². The van der Waals surface area contributed by atoms with E-state index in [-0.39, 0.29) is 16.1 Å². The van der Waals surface area contributed by atoms with Gasteiger partial charge in [-0.2, -0.15) is 0 Å². The van der Waals surface area contributed by atoms with Crippen molar-refractivity contribution in [3.63, 3.8) is 0 Å². The molecule has 0 unspecified atom stereocenters. The second-order valence-corrected chi connectivity index (χ2v) is 5.46. The van der Waals surface area contributed by atoms with E-state index in [2.05, 4.69) is 26.6 Å². The normalized spacial score (nSPS) is 19.1. The van der Waals surface area contributed by atoms with Crippen molar-refractivity contribution in [2.75, 3.05) is 5.32 Å². The molecule has 1 atom stereocenters. The molecule has 1 aliphatic rings. The number of rotatable bonds is 2. The molecule has 0 spiro atoms. The van der Waals surface area contributed by atoms with Gasteiger partial charge >= 0.3 is 0 Å². The number of halogens is 3. The Labute approximate surface area is 123 Å². The molecule has 0 saturated carbocycles. The molecule has 7 heteroatoms. The van der Waals surface area contributed by atoms with Crippen LogP contribution in [0.25, 0.3) is 0 Å². The molecule has 1 aliphatic heterocycles. The first-order chi connectivity index (χ1) is 9.47. The van der Waals surface area contributed by atoms with Crippen LogP contribution in [0.15, 0.2) is 16.6 Å². The Balaban J connectivity index is 2.13. The first-order valence-electron chi connectivity index (χ1n) is 6.22. The number of anilines is 1. The molecular formula is C13H13BrF2N2O2. The topological polar surface area (TPSA) is 58.2 Å². The molecule has 1 aromatic carbocycles. The predicted octanol–water partition coefficient (Wildman–Crippen LogP) is 2.72. The Morgan fingerprint density at radius 3 is 2.85 bits per heavy atom. The SMILES string of the molecule is O=C1CCCC[C@H](C(=O)Nc2cc(F)cc(Br)c2F)N1. The van der Waals surface area contributed by atoms with Crippen molar-refractivity contribution in [3.05, 3.63) is 28.2 Å². The smallest absolute Gasteiger partial charge is 0.247 e. The minimum Gasteiger partial charge on any atom is -0.344 e. The van der Waals surface area contributed by atoms with Crippen LogP contribution in [0.5, 0.6) is 0 Å². The summed E-state index contributed by atoms with van der Waals surface area (Å²) in [5.74, 6) is -2.17. The lowest BCUT2D eigenvalue weighted by molar-refractivity contribution is -0.126. The molecule has 108 valence electrons. The van der Waals surface area contributed by atoms with Gasteiger partial charge < -0.3 is 10.6 Å². The molecule has 2 N–H and O–H groups in total. The Morgan fingerprint density at radius 2 is 2.10 bits per heavy atom. The van der Waals surface area contributed by atoms with Crippen LogP contribution in [0.4, 0.5) is 14.5 Å². The van der Waals surface area contributed by atoms with Crippen molar-refractivity contribution in [2.45, 2.75) is 31.7 Å². The highest BCUT2D eigenvalue weighted by atomic mass is 79.9. The first kappa shape index (κ1) is 14.9. The van der Waals surface area contributed by atoms with E-state index in [4.69, 9.17) is 0 Å². The molecule has 0 bridgehead atoms. The summed E-state index contributed by atoms with van der Waals surface area (Å²) in [6.45, 7) is 0. The second kappa shape index (κ2) is 6.30. The van der Waals surface area contributed by atoms with Crippen LogP contribution >= 0.6 is 15.9 Å². The zero-order chi connectivity index (χ0) is 14.7. The summed E-state index contributed by atoms with van der Waals surface area (Å²) in [5.41, 5.74) is -0.250. The third-order valence-electron chi connectivity index (χ3n) is 3.05. The quantitative estimate of drug-likeness (QED) is 0.809. The maximum atomic E-state index is 13.8. The molecule has 2 amide bonds. The molecular weight excluding hydrogens is 334 g/mol. The van der Waals surface area contributed by atoms with Crippen LogP contribution in [0.3, 0.4) is 0 Å². The molecule has 1 saturated heterocycles. The van der Waals surface area contributed by atoms with Crippen molar-refractivity contribution >= 4 is 33.4 Å². The van der Waals surface area contributed by atoms with Gasteiger partial charge in [-0.25, -0.2) is 8.78 Å². The van der Waals surface area contributed by atoms with Gasteiger partial charge in [-0.1, -0.05) is 6.42 Å². The van der Waals surface area contributed by atoms with Crippen LogP contribution in [-0.2, 0) is 9.59 Å². The fourth-order valence-electron chi connectivity index (χ4n) is 2.04. The fourth-order valence-corrected chi connectivity index (χ4v) is 2.47. The van der Waals surface area contributed by atoms with Gasteiger partial charge in [0.05, 0.1) is 10.2 Å². The second-order valence-electron chi connectivity index (χ2n) is 4.60. The van der Waals surface area contributed by atoms with E-state index in [0.717, 1.165) is 25.0 Å². The lowest BCUT2D eigenvalue weighted by atomic mass is 10.1. The molecule has 1 heterocycles. The summed E-state index contributed by atoms with van der Waals surface area (Å²) in [6, 6.07) is 1.15. The molecule has 4 nitrogen and oxygen atoms in total. The number of benzene rings is 1. The largest absolute Gasteiger partial charge is 0.344 e. The summed E-state index contributed by atoms with van der Waals surface area (Å²) in [5, 5.41) is 4.88. The van der Waals surface area contributed by atoms with Gasteiger partial charge in [0.25, 0.3) is 0 Å². The van der Waals surface area contributed by atoms with Gasteiger partial charge in [0.15, 0.2) is 5.82 Å². The summed E-state index contributed by atoms with van der Waals surface area (Å²) in [4.78, 5) is 23.4. The number of hydrogen-bond acceptors (Lipinski definition) is 2. The third-order valence-corrected chi connectivity index (χ3v) is 3.63. The molecule has 0 aromatic heterocycles. The van der Waals surface area contributed by atoms with Crippen molar-refractivity contribution < 1.29 is 18.4 Å². The van der Waals surface area contributed by atoms with Crippen molar-refractivity contribution in [1.29, 1.82) is 0 Å². The summed E-state index contributed by atoms with van der Waals surface area (Å²) < 4.78 is 26.9. The van der Waals surface area contributed by atoms with Crippen LogP contribution in [0, 0.1) is 11.6 Å². The van der Waals surface area contributed by atoms with E-state index in [9.17, 15) is 18.4 Å². The summed E-state index contributed by atoms with van der Waals surface area (Å²) >= 11 is 2.87. The Morgan fingerprint density at radius 1 is 1.35 bits per heavy atom. The van der Waals surface area contributed by atoms with Crippen LogP contribution in [0.2, 0.25) is 0 Å². The fraction of sp³-hybridized carbons (Fsp3) is 0.385. The van der Waals surface area contributed by atoms with Gasteiger partial charge in [-0.3, -0.25) is 9.59 Å². The Bertz CT molecular complexity index is 551.